The molecule has 0 aromatic rings. The number of allylic oxidation sites excluding steroid dienone is 2. The maximum absolute atomic E-state index is 11.9. The molecule has 1 amide bonds. The van der Waals surface area contributed by atoms with Crippen LogP contribution in [-0.4, -0.2) is 37.4 Å². The Morgan fingerprint density at radius 2 is 2.44 bits per heavy atom. The largest absolute Gasteiger partial charge is 0.396 e. The summed E-state index contributed by atoms with van der Waals surface area (Å²) in [5, 5.41) is 11.8. The fraction of sp³-hybridized carbons (Fsp3) is 0.750. The maximum atomic E-state index is 11.9. The number of rotatable bonds is 6. The third-order valence-electron chi connectivity index (χ3n) is 2.83. The van der Waals surface area contributed by atoms with E-state index in [0.717, 1.165) is 19.3 Å². The second-order valence-corrected chi connectivity index (χ2v) is 4.15. The minimum atomic E-state index is -0.0755. The van der Waals surface area contributed by atoms with Gasteiger partial charge in [-0.05, 0) is 25.7 Å². The fourth-order valence-corrected chi connectivity index (χ4v) is 1.90. The maximum Gasteiger partial charge on any atom is 0.223 e. The normalized spacial score (nSPS) is 21.8. The fourth-order valence-electron chi connectivity index (χ4n) is 1.90. The van der Waals surface area contributed by atoms with E-state index < -0.39 is 0 Å². The minimum Gasteiger partial charge on any atom is -0.396 e. The molecule has 0 spiro atoms. The van der Waals surface area contributed by atoms with Crippen LogP contribution in [0.5, 0.6) is 0 Å². The van der Waals surface area contributed by atoms with Gasteiger partial charge in [0.1, 0.15) is 0 Å². The molecule has 0 aromatic carbocycles. The Hall–Kier alpha value is -0.870. The first-order chi connectivity index (χ1) is 7.77. The molecular formula is C12H21NO3. The van der Waals surface area contributed by atoms with Crippen LogP contribution >= 0.6 is 0 Å². The van der Waals surface area contributed by atoms with Crippen LogP contribution in [0.15, 0.2) is 12.2 Å². The van der Waals surface area contributed by atoms with Crippen LogP contribution in [0.3, 0.4) is 0 Å². The van der Waals surface area contributed by atoms with Gasteiger partial charge in [0.05, 0.1) is 12.6 Å². The molecule has 0 saturated carbocycles. The monoisotopic (exact) mass is 227 g/mol. The molecule has 92 valence electrons. The van der Waals surface area contributed by atoms with Crippen molar-refractivity contribution in [1.29, 1.82) is 0 Å². The van der Waals surface area contributed by atoms with E-state index in [0.29, 0.717) is 13.0 Å². The smallest absolute Gasteiger partial charge is 0.223 e. The Balaban J connectivity index is 2.37. The summed E-state index contributed by atoms with van der Waals surface area (Å²) >= 11 is 0. The van der Waals surface area contributed by atoms with Crippen molar-refractivity contribution in [2.75, 3.05) is 20.3 Å². The molecule has 1 aliphatic rings. The third kappa shape index (κ3) is 4.33. The summed E-state index contributed by atoms with van der Waals surface area (Å²) in [5.74, 6) is 0.169. The van der Waals surface area contributed by atoms with E-state index in [4.69, 9.17) is 9.84 Å². The van der Waals surface area contributed by atoms with Crippen molar-refractivity contribution in [3.63, 3.8) is 0 Å². The number of hydrogen-bond acceptors (Lipinski definition) is 3. The van der Waals surface area contributed by atoms with Gasteiger partial charge >= 0.3 is 0 Å². The van der Waals surface area contributed by atoms with E-state index in [1.165, 1.54) is 0 Å². The van der Waals surface area contributed by atoms with E-state index in [9.17, 15) is 4.79 Å². The molecule has 4 heteroatoms. The highest BCUT2D eigenvalue weighted by Crippen LogP contribution is 2.18. The lowest BCUT2D eigenvalue weighted by Crippen LogP contribution is -2.42. The van der Waals surface area contributed by atoms with Gasteiger partial charge in [0.25, 0.3) is 0 Å². The first-order valence-electron chi connectivity index (χ1n) is 5.83. The van der Waals surface area contributed by atoms with Gasteiger partial charge < -0.3 is 15.2 Å². The van der Waals surface area contributed by atoms with Gasteiger partial charge in [0.2, 0.25) is 5.91 Å². The first kappa shape index (κ1) is 13.2. The van der Waals surface area contributed by atoms with E-state index in [2.05, 4.69) is 17.5 Å². The predicted molar refractivity (Wildman–Crippen MR) is 62.0 cm³/mol. The second kappa shape index (κ2) is 7.41. The quantitative estimate of drug-likeness (QED) is 0.662. The summed E-state index contributed by atoms with van der Waals surface area (Å²) in [4.78, 5) is 11.9. The van der Waals surface area contributed by atoms with Crippen LogP contribution in [0, 0.1) is 5.92 Å². The Morgan fingerprint density at radius 1 is 1.62 bits per heavy atom. The molecule has 1 rings (SSSR count). The lowest BCUT2D eigenvalue weighted by atomic mass is 9.93. The van der Waals surface area contributed by atoms with Gasteiger partial charge in [0, 0.05) is 19.6 Å². The Bertz CT molecular complexity index is 234. The number of hydrogen-bond donors (Lipinski definition) is 2. The zero-order valence-corrected chi connectivity index (χ0v) is 9.82. The molecule has 16 heavy (non-hydrogen) atoms. The molecule has 0 aromatic heterocycles. The van der Waals surface area contributed by atoms with Crippen molar-refractivity contribution in [2.45, 2.75) is 31.7 Å². The number of carbonyl (C=O) groups is 1. The highest BCUT2D eigenvalue weighted by Gasteiger charge is 2.21. The zero-order valence-electron chi connectivity index (χ0n) is 9.82. The van der Waals surface area contributed by atoms with Gasteiger partial charge in [-0.15, -0.1) is 0 Å². The summed E-state index contributed by atoms with van der Waals surface area (Å²) < 4.78 is 5.00. The van der Waals surface area contributed by atoms with Gasteiger partial charge in [-0.2, -0.15) is 0 Å². The molecule has 0 fully saturated rings. The number of aliphatic hydroxyl groups is 1. The number of nitrogens with one attached hydrogen (secondary N) is 1. The molecule has 0 radical (unpaired) electrons. The van der Waals surface area contributed by atoms with Gasteiger partial charge in [-0.1, -0.05) is 12.2 Å². The molecular weight excluding hydrogens is 206 g/mol. The van der Waals surface area contributed by atoms with Crippen LogP contribution in [0.25, 0.3) is 0 Å². The Kier molecular flexibility index (Phi) is 6.11. The van der Waals surface area contributed by atoms with Crippen molar-refractivity contribution in [2.24, 2.45) is 5.92 Å². The average Bonchev–Trinajstić information content (AvgIpc) is 2.31. The van der Waals surface area contributed by atoms with Crippen molar-refractivity contribution < 1.29 is 14.6 Å². The van der Waals surface area contributed by atoms with Crippen molar-refractivity contribution in [3.05, 3.63) is 12.2 Å². The lowest BCUT2D eigenvalue weighted by molar-refractivity contribution is -0.126. The Morgan fingerprint density at radius 3 is 3.00 bits per heavy atom. The summed E-state index contributed by atoms with van der Waals surface area (Å²) in [6.45, 7) is 0.522. The predicted octanol–water partition coefficient (Wildman–Crippen LogP) is 0.856. The van der Waals surface area contributed by atoms with Crippen molar-refractivity contribution in [3.8, 4) is 0 Å². The van der Waals surface area contributed by atoms with Crippen molar-refractivity contribution >= 4 is 5.91 Å². The number of amides is 1. The molecule has 0 bridgehead atoms. The molecule has 2 atom stereocenters. The highest BCUT2D eigenvalue weighted by atomic mass is 16.5. The highest BCUT2D eigenvalue weighted by molar-refractivity contribution is 5.79. The molecule has 2 N–H and O–H groups in total. The molecule has 0 heterocycles. The van der Waals surface area contributed by atoms with Crippen LogP contribution in [0.4, 0.5) is 0 Å². The first-order valence-corrected chi connectivity index (χ1v) is 5.83. The van der Waals surface area contributed by atoms with Crippen LogP contribution in [0.2, 0.25) is 0 Å². The van der Waals surface area contributed by atoms with Gasteiger partial charge in [0.15, 0.2) is 0 Å². The van der Waals surface area contributed by atoms with Crippen molar-refractivity contribution in [1.82, 2.24) is 5.32 Å². The standard InChI is InChI=1S/C12H21NO3/c1-16-9-11(7-8-14)13-12(15)10-5-3-2-4-6-10/h2-3,10-11,14H,4-9H2,1H3,(H,13,15). The van der Waals surface area contributed by atoms with E-state index in [-0.39, 0.29) is 24.5 Å². The van der Waals surface area contributed by atoms with E-state index in [1.807, 2.05) is 0 Å². The number of methoxy groups -OCH3 is 1. The van der Waals surface area contributed by atoms with E-state index >= 15 is 0 Å². The zero-order chi connectivity index (χ0) is 11.8. The van der Waals surface area contributed by atoms with Crippen LogP contribution in [-0.2, 0) is 9.53 Å². The topological polar surface area (TPSA) is 58.6 Å². The number of ether oxygens (including phenoxy) is 1. The summed E-state index contributed by atoms with van der Waals surface area (Å²) in [6.07, 6.45) is 7.44. The summed E-state index contributed by atoms with van der Waals surface area (Å²) in [7, 11) is 1.60. The molecule has 4 nitrogen and oxygen atoms in total. The summed E-state index contributed by atoms with van der Waals surface area (Å²) in [6, 6.07) is -0.0755. The van der Waals surface area contributed by atoms with Gasteiger partial charge in [-0.3, -0.25) is 4.79 Å². The van der Waals surface area contributed by atoms with E-state index in [1.54, 1.807) is 7.11 Å². The molecule has 0 aliphatic heterocycles. The lowest BCUT2D eigenvalue weighted by Gasteiger charge is -2.22. The molecule has 0 saturated heterocycles. The van der Waals surface area contributed by atoms with Gasteiger partial charge in [-0.25, -0.2) is 0 Å². The second-order valence-electron chi connectivity index (χ2n) is 4.15. The average molecular weight is 227 g/mol. The molecule has 1 aliphatic carbocycles. The minimum absolute atomic E-state index is 0.0683. The Labute approximate surface area is 96.7 Å². The van der Waals surface area contributed by atoms with Crippen LogP contribution in [0.1, 0.15) is 25.7 Å². The number of aliphatic hydroxyl groups excluding tert-OH is 1. The SMILES string of the molecule is COCC(CCO)NC(=O)C1CC=CCC1. The number of carbonyl (C=O) groups excluding carboxylic acids is 1. The molecule has 2 unspecified atom stereocenters. The third-order valence-corrected chi connectivity index (χ3v) is 2.83. The summed E-state index contributed by atoms with van der Waals surface area (Å²) in [5.41, 5.74) is 0. The van der Waals surface area contributed by atoms with Crippen LogP contribution < -0.4 is 5.32 Å².